The van der Waals surface area contributed by atoms with Gasteiger partial charge in [0.15, 0.2) is 18.2 Å². The number of ether oxygens (including phenoxy) is 1. The molecule has 1 atom stereocenters. The number of amides is 1. The summed E-state index contributed by atoms with van der Waals surface area (Å²) in [5, 5.41) is 0. The average Bonchev–Trinajstić information content (AvgIpc) is 2.56. The number of likely N-dealkylation sites (N-methyl/N-ethyl adjacent to an activating group) is 1. The molecule has 128 valence electrons. The zero-order valence-corrected chi connectivity index (χ0v) is 14.3. The fourth-order valence-electron chi connectivity index (χ4n) is 2.32. The Morgan fingerprint density at radius 2 is 1.83 bits per heavy atom. The van der Waals surface area contributed by atoms with Crippen LogP contribution in [0.4, 0.5) is 8.78 Å². The zero-order valence-electron chi connectivity index (χ0n) is 14.3. The number of nitrogens with zero attached hydrogens (tertiary/aromatic N) is 1. The van der Waals surface area contributed by atoms with Crippen LogP contribution in [0.2, 0.25) is 0 Å². The van der Waals surface area contributed by atoms with Crippen LogP contribution in [0.25, 0.3) is 0 Å². The Labute approximate surface area is 140 Å². The molecule has 0 saturated carbocycles. The highest BCUT2D eigenvalue weighted by atomic mass is 19.2. The van der Waals surface area contributed by atoms with E-state index >= 15 is 0 Å². The van der Waals surface area contributed by atoms with Gasteiger partial charge in [0.05, 0.1) is 6.04 Å². The van der Waals surface area contributed by atoms with Crippen LogP contribution < -0.4 is 4.74 Å². The van der Waals surface area contributed by atoms with Crippen molar-refractivity contribution in [3.8, 4) is 5.75 Å². The van der Waals surface area contributed by atoms with Crippen molar-refractivity contribution in [3.05, 3.63) is 64.7 Å². The predicted molar refractivity (Wildman–Crippen MR) is 89.0 cm³/mol. The Bertz CT molecular complexity index is 746. The van der Waals surface area contributed by atoms with Crippen molar-refractivity contribution < 1.29 is 18.3 Å². The van der Waals surface area contributed by atoms with E-state index in [1.165, 1.54) is 11.0 Å². The monoisotopic (exact) mass is 333 g/mol. The molecule has 0 N–H and O–H groups in total. The Kier molecular flexibility index (Phi) is 5.54. The summed E-state index contributed by atoms with van der Waals surface area (Å²) in [5.74, 6) is -1.41. The minimum absolute atomic E-state index is 0.116. The van der Waals surface area contributed by atoms with E-state index in [0.717, 1.165) is 23.3 Å². The van der Waals surface area contributed by atoms with Crippen molar-refractivity contribution in [1.29, 1.82) is 0 Å². The summed E-state index contributed by atoms with van der Waals surface area (Å²) in [6.45, 7) is 5.50. The van der Waals surface area contributed by atoms with Crippen molar-refractivity contribution >= 4 is 5.91 Å². The van der Waals surface area contributed by atoms with Crippen LogP contribution in [0.3, 0.4) is 0 Å². The third-order valence-electron chi connectivity index (χ3n) is 4.10. The fraction of sp³-hybridized carbons (Fsp3) is 0.316. The molecule has 5 heteroatoms. The van der Waals surface area contributed by atoms with Crippen molar-refractivity contribution in [2.24, 2.45) is 0 Å². The van der Waals surface area contributed by atoms with Crippen molar-refractivity contribution in [1.82, 2.24) is 4.90 Å². The van der Waals surface area contributed by atoms with Gasteiger partial charge in [-0.2, -0.15) is 0 Å². The molecule has 0 fully saturated rings. The maximum atomic E-state index is 13.4. The second-order valence-corrected chi connectivity index (χ2v) is 5.91. The van der Waals surface area contributed by atoms with Gasteiger partial charge in [0.25, 0.3) is 5.91 Å². The van der Waals surface area contributed by atoms with Crippen LogP contribution in [0.1, 0.15) is 29.7 Å². The highest BCUT2D eigenvalue weighted by molar-refractivity contribution is 5.78. The number of benzene rings is 2. The van der Waals surface area contributed by atoms with Gasteiger partial charge in [-0.05, 0) is 55.7 Å². The van der Waals surface area contributed by atoms with Crippen LogP contribution in [0.5, 0.6) is 5.75 Å². The van der Waals surface area contributed by atoms with E-state index in [1.54, 1.807) is 14.0 Å². The standard InChI is InChI=1S/C19H21F2NO2/c1-12-5-6-13(2)18(9-12)24-11-19(23)22(4)14(3)15-7-8-16(20)17(21)10-15/h5-10,14H,11H2,1-4H3. The van der Waals surface area contributed by atoms with Crippen molar-refractivity contribution in [3.63, 3.8) is 0 Å². The topological polar surface area (TPSA) is 29.5 Å². The summed E-state index contributed by atoms with van der Waals surface area (Å²) in [6, 6.07) is 9.03. The molecule has 0 spiro atoms. The molecular weight excluding hydrogens is 312 g/mol. The van der Waals surface area contributed by atoms with E-state index in [0.29, 0.717) is 11.3 Å². The van der Waals surface area contributed by atoms with Gasteiger partial charge in [-0.3, -0.25) is 4.79 Å². The molecular formula is C19H21F2NO2. The van der Waals surface area contributed by atoms with Gasteiger partial charge in [-0.25, -0.2) is 8.78 Å². The summed E-state index contributed by atoms with van der Waals surface area (Å²) in [4.78, 5) is 13.8. The maximum Gasteiger partial charge on any atom is 0.260 e. The lowest BCUT2D eigenvalue weighted by atomic mass is 10.1. The molecule has 0 saturated heterocycles. The molecule has 3 nitrogen and oxygen atoms in total. The normalized spacial score (nSPS) is 11.9. The third-order valence-corrected chi connectivity index (χ3v) is 4.10. The maximum absolute atomic E-state index is 13.4. The van der Waals surface area contributed by atoms with Crippen LogP contribution in [0.15, 0.2) is 36.4 Å². The molecule has 2 aromatic rings. The molecule has 1 amide bonds. The minimum Gasteiger partial charge on any atom is -0.483 e. The lowest BCUT2D eigenvalue weighted by molar-refractivity contribution is -0.134. The summed E-state index contributed by atoms with van der Waals surface area (Å²) in [7, 11) is 1.61. The molecule has 0 aromatic heterocycles. The molecule has 2 rings (SSSR count). The van der Waals surface area contributed by atoms with E-state index in [-0.39, 0.29) is 12.5 Å². The third kappa shape index (κ3) is 4.10. The molecule has 0 heterocycles. The Hall–Kier alpha value is -2.43. The highest BCUT2D eigenvalue weighted by Crippen LogP contribution is 2.22. The van der Waals surface area contributed by atoms with Crippen LogP contribution >= 0.6 is 0 Å². The summed E-state index contributed by atoms with van der Waals surface area (Å²) in [6.07, 6.45) is 0. The first kappa shape index (κ1) is 17.9. The van der Waals surface area contributed by atoms with Gasteiger partial charge in [-0.1, -0.05) is 18.2 Å². The number of carbonyl (C=O) groups is 1. The Morgan fingerprint density at radius 3 is 2.50 bits per heavy atom. The largest absolute Gasteiger partial charge is 0.483 e. The van der Waals surface area contributed by atoms with E-state index < -0.39 is 17.7 Å². The van der Waals surface area contributed by atoms with Gasteiger partial charge >= 0.3 is 0 Å². The van der Waals surface area contributed by atoms with Gasteiger partial charge in [0, 0.05) is 7.05 Å². The molecule has 0 bridgehead atoms. The number of hydrogen-bond acceptors (Lipinski definition) is 2. The molecule has 0 aliphatic rings. The van der Waals surface area contributed by atoms with E-state index in [4.69, 9.17) is 4.74 Å². The highest BCUT2D eigenvalue weighted by Gasteiger charge is 2.19. The number of rotatable bonds is 5. The second-order valence-electron chi connectivity index (χ2n) is 5.91. The number of halogens is 2. The fourth-order valence-corrected chi connectivity index (χ4v) is 2.32. The minimum atomic E-state index is -0.924. The molecule has 0 aliphatic carbocycles. The van der Waals surface area contributed by atoms with Crippen LogP contribution in [0, 0.1) is 25.5 Å². The summed E-state index contributed by atoms with van der Waals surface area (Å²) < 4.78 is 32.0. The van der Waals surface area contributed by atoms with Crippen molar-refractivity contribution in [2.45, 2.75) is 26.8 Å². The zero-order chi connectivity index (χ0) is 17.9. The van der Waals surface area contributed by atoms with Gasteiger partial charge in [0.2, 0.25) is 0 Å². The lowest BCUT2D eigenvalue weighted by Crippen LogP contribution is -2.33. The molecule has 24 heavy (non-hydrogen) atoms. The quantitative estimate of drug-likeness (QED) is 0.821. The van der Waals surface area contributed by atoms with Gasteiger partial charge < -0.3 is 9.64 Å². The summed E-state index contributed by atoms with van der Waals surface area (Å²) in [5.41, 5.74) is 2.52. The predicted octanol–water partition coefficient (Wildman–Crippen LogP) is 4.18. The molecule has 0 radical (unpaired) electrons. The van der Waals surface area contributed by atoms with Crippen molar-refractivity contribution in [2.75, 3.05) is 13.7 Å². The SMILES string of the molecule is Cc1ccc(C)c(OCC(=O)N(C)C(C)c2ccc(F)c(F)c2)c1. The number of hydrogen-bond donors (Lipinski definition) is 0. The lowest BCUT2D eigenvalue weighted by Gasteiger charge is -2.25. The number of carbonyl (C=O) groups excluding carboxylic acids is 1. The van der Waals surface area contributed by atoms with Crippen LogP contribution in [-0.4, -0.2) is 24.5 Å². The Morgan fingerprint density at radius 1 is 1.12 bits per heavy atom. The molecule has 0 aliphatic heterocycles. The first-order chi connectivity index (χ1) is 11.3. The first-order valence-electron chi connectivity index (χ1n) is 7.70. The molecule has 1 unspecified atom stereocenters. The summed E-state index contributed by atoms with van der Waals surface area (Å²) >= 11 is 0. The first-order valence-corrected chi connectivity index (χ1v) is 7.70. The van der Waals surface area contributed by atoms with Crippen LogP contribution in [-0.2, 0) is 4.79 Å². The second kappa shape index (κ2) is 7.43. The Balaban J connectivity index is 2.03. The number of aryl methyl sites for hydroxylation is 2. The van der Waals surface area contributed by atoms with Gasteiger partial charge in [0.1, 0.15) is 5.75 Å². The smallest absolute Gasteiger partial charge is 0.260 e. The van der Waals surface area contributed by atoms with Gasteiger partial charge in [-0.15, -0.1) is 0 Å². The van der Waals surface area contributed by atoms with E-state index in [2.05, 4.69) is 0 Å². The van der Waals surface area contributed by atoms with E-state index in [9.17, 15) is 13.6 Å². The molecule has 2 aromatic carbocycles. The average molecular weight is 333 g/mol. The van der Waals surface area contributed by atoms with E-state index in [1.807, 2.05) is 32.0 Å².